The molecule has 3 heterocycles. The van der Waals surface area contributed by atoms with Crippen LogP contribution in [0.5, 0.6) is 0 Å². The van der Waals surface area contributed by atoms with Crippen molar-refractivity contribution < 1.29 is 4.79 Å². The molecular weight excluding hydrogens is 380 g/mol. The standard InChI is InChI=1S/C23H28N4OS/c1-15-10-8-9-13-26(15)22(28)21-17(3)24-23(29-21)27-18(4)20(16(2)25-27)14-19-11-6-5-7-12-19/h5-7,11-12,15H,8-10,13-14H2,1-4H3/t15-/m0/s1. The number of aryl methyl sites for hydroxylation is 2. The van der Waals surface area contributed by atoms with E-state index in [0.717, 1.165) is 52.9 Å². The molecule has 0 spiro atoms. The van der Waals surface area contributed by atoms with Gasteiger partial charge in [0.05, 0.1) is 11.4 Å². The van der Waals surface area contributed by atoms with Gasteiger partial charge in [-0.25, -0.2) is 9.67 Å². The summed E-state index contributed by atoms with van der Waals surface area (Å²) in [4.78, 5) is 20.6. The molecule has 5 nitrogen and oxygen atoms in total. The van der Waals surface area contributed by atoms with Gasteiger partial charge in [-0.3, -0.25) is 4.79 Å². The lowest BCUT2D eigenvalue weighted by atomic mass is 10.0. The van der Waals surface area contributed by atoms with Crippen molar-refractivity contribution in [3.05, 3.63) is 63.4 Å². The van der Waals surface area contributed by atoms with E-state index in [9.17, 15) is 4.79 Å². The van der Waals surface area contributed by atoms with Crippen molar-refractivity contribution in [2.45, 2.75) is 59.4 Å². The number of piperidine rings is 1. The second kappa shape index (κ2) is 8.11. The van der Waals surface area contributed by atoms with Crippen molar-refractivity contribution in [3.8, 4) is 5.13 Å². The van der Waals surface area contributed by atoms with Crippen molar-refractivity contribution in [2.24, 2.45) is 0 Å². The number of benzene rings is 1. The lowest BCUT2D eigenvalue weighted by Gasteiger charge is -2.33. The summed E-state index contributed by atoms with van der Waals surface area (Å²) in [6, 6.07) is 10.7. The van der Waals surface area contributed by atoms with Crippen molar-refractivity contribution in [3.63, 3.8) is 0 Å². The van der Waals surface area contributed by atoms with Gasteiger partial charge in [-0.05, 0) is 52.5 Å². The van der Waals surface area contributed by atoms with Gasteiger partial charge in [-0.15, -0.1) is 0 Å². The highest BCUT2D eigenvalue weighted by molar-refractivity contribution is 7.16. The van der Waals surface area contributed by atoms with Crippen LogP contribution in [0, 0.1) is 20.8 Å². The number of hydrogen-bond acceptors (Lipinski definition) is 4. The highest BCUT2D eigenvalue weighted by Crippen LogP contribution is 2.28. The van der Waals surface area contributed by atoms with E-state index >= 15 is 0 Å². The molecule has 0 saturated carbocycles. The Hall–Kier alpha value is -2.47. The fraction of sp³-hybridized carbons (Fsp3) is 0.435. The SMILES string of the molecule is Cc1nc(-n2nc(C)c(Cc3ccccc3)c2C)sc1C(=O)N1CCCC[C@@H]1C. The highest BCUT2D eigenvalue weighted by Gasteiger charge is 2.28. The predicted octanol–water partition coefficient (Wildman–Crippen LogP) is 4.86. The summed E-state index contributed by atoms with van der Waals surface area (Å²) >= 11 is 1.46. The second-order valence-corrected chi connectivity index (χ2v) is 8.96. The molecule has 6 heteroatoms. The van der Waals surface area contributed by atoms with Crippen molar-refractivity contribution in [1.29, 1.82) is 0 Å². The minimum atomic E-state index is 0.115. The van der Waals surface area contributed by atoms with Gasteiger partial charge >= 0.3 is 0 Å². The fourth-order valence-electron chi connectivity index (χ4n) is 4.12. The number of aromatic nitrogens is 3. The molecule has 1 fully saturated rings. The summed E-state index contributed by atoms with van der Waals surface area (Å²) in [7, 11) is 0. The molecule has 1 saturated heterocycles. The molecule has 0 unspecified atom stereocenters. The molecular formula is C23H28N4OS. The third-order valence-corrected chi connectivity index (χ3v) is 7.01. The van der Waals surface area contributed by atoms with Gasteiger partial charge < -0.3 is 4.90 Å². The van der Waals surface area contributed by atoms with Crippen LogP contribution in [0.1, 0.15) is 64.1 Å². The first-order valence-corrected chi connectivity index (χ1v) is 11.1. The molecule has 1 atom stereocenters. The van der Waals surface area contributed by atoms with E-state index in [2.05, 4.69) is 38.1 Å². The molecule has 0 N–H and O–H groups in total. The molecule has 1 aromatic carbocycles. The van der Waals surface area contributed by atoms with Gasteiger partial charge in [-0.1, -0.05) is 41.7 Å². The van der Waals surface area contributed by atoms with Crippen LogP contribution in [-0.4, -0.2) is 38.2 Å². The topological polar surface area (TPSA) is 51.0 Å². The number of nitrogens with zero attached hydrogens (tertiary/aromatic N) is 4. The third kappa shape index (κ3) is 3.86. The zero-order valence-corrected chi connectivity index (χ0v) is 18.4. The number of hydrogen-bond donors (Lipinski definition) is 0. The summed E-state index contributed by atoms with van der Waals surface area (Å²) in [5, 5.41) is 5.53. The van der Waals surface area contributed by atoms with E-state index < -0.39 is 0 Å². The molecule has 1 amide bonds. The van der Waals surface area contributed by atoms with Crippen LogP contribution in [0.15, 0.2) is 30.3 Å². The Morgan fingerprint density at radius 3 is 2.62 bits per heavy atom. The summed E-state index contributed by atoms with van der Waals surface area (Å²) in [6.07, 6.45) is 4.21. The molecule has 4 rings (SSSR count). The van der Waals surface area contributed by atoms with Crippen molar-refractivity contribution >= 4 is 17.2 Å². The fourth-order valence-corrected chi connectivity index (χ4v) is 5.15. The number of carbonyl (C=O) groups is 1. The maximum absolute atomic E-state index is 13.1. The van der Waals surface area contributed by atoms with Crippen LogP contribution in [0.2, 0.25) is 0 Å². The molecule has 0 bridgehead atoms. The van der Waals surface area contributed by atoms with E-state index in [-0.39, 0.29) is 5.91 Å². The van der Waals surface area contributed by atoms with Gasteiger partial charge in [0.2, 0.25) is 5.13 Å². The second-order valence-electron chi connectivity index (χ2n) is 7.98. The van der Waals surface area contributed by atoms with Crippen LogP contribution < -0.4 is 0 Å². The zero-order valence-electron chi connectivity index (χ0n) is 17.6. The van der Waals surface area contributed by atoms with Gasteiger partial charge in [0.25, 0.3) is 5.91 Å². The summed E-state index contributed by atoms with van der Waals surface area (Å²) in [6.45, 7) is 9.05. The largest absolute Gasteiger partial charge is 0.335 e. The van der Waals surface area contributed by atoms with Crippen LogP contribution in [-0.2, 0) is 6.42 Å². The first-order valence-electron chi connectivity index (χ1n) is 10.3. The predicted molar refractivity (Wildman–Crippen MR) is 117 cm³/mol. The Bertz CT molecular complexity index is 1020. The minimum absolute atomic E-state index is 0.115. The number of amides is 1. The first kappa shape index (κ1) is 19.8. The van der Waals surface area contributed by atoms with Crippen LogP contribution >= 0.6 is 11.3 Å². The quantitative estimate of drug-likeness (QED) is 0.619. The molecule has 1 aliphatic rings. The molecule has 3 aromatic rings. The Balaban J connectivity index is 1.64. The van der Waals surface area contributed by atoms with Crippen LogP contribution in [0.4, 0.5) is 0 Å². The van der Waals surface area contributed by atoms with Gasteiger partial charge in [0.1, 0.15) is 4.88 Å². The smallest absolute Gasteiger partial charge is 0.266 e. The molecule has 152 valence electrons. The van der Waals surface area contributed by atoms with Gasteiger partial charge in [0, 0.05) is 30.3 Å². The average molecular weight is 409 g/mol. The summed E-state index contributed by atoms with van der Waals surface area (Å²) in [5.41, 5.74) is 5.39. The monoisotopic (exact) mass is 408 g/mol. The lowest BCUT2D eigenvalue weighted by molar-refractivity contribution is 0.0639. The molecule has 1 aliphatic heterocycles. The number of thiazole rings is 1. The summed E-state index contributed by atoms with van der Waals surface area (Å²) < 4.78 is 1.90. The minimum Gasteiger partial charge on any atom is -0.335 e. The highest BCUT2D eigenvalue weighted by atomic mass is 32.1. The Kier molecular flexibility index (Phi) is 5.54. The van der Waals surface area contributed by atoms with Crippen LogP contribution in [0.25, 0.3) is 5.13 Å². The van der Waals surface area contributed by atoms with E-state index in [1.165, 1.54) is 28.9 Å². The van der Waals surface area contributed by atoms with Gasteiger partial charge in [0.15, 0.2) is 0 Å². The number of carbonyl (C=O) groups excluding carboxylic acids is 1. The number of likely N-dealkylation sites (tertiary alicyclic amines) is 1. The van der Waals surface area contributed by atoms with E-state index in [0.29, 0.717) is 6.04 Å². The van der Waals surface area contributed by atoms with Crippen LogP contribution in [0.3, 0.4) is 0 Å². The first-order chi connectivity index (χ1) is 14.0. The average Bonchev–Trinajstić information content (AvgIpc) is 3.23. The molecule has 29 heavy (non-hydrogen) atoms. The molecule has 2 aromatic heterocycles. The Morgan fingerprint density at radius 1 is 1.14 bits per heavy atom. The Labute approximate surface area is 176 Å². The normalized spacial score (nSPS) is 17.0. The van der Waals surface area contributed by atoms with Crippen molar-refractivity contribution in [1.82, 2.24) is 19.7 Å². The van der Waals surface area contributed by atoms with Gasteiger partial charge in [-0.2, -0.15) is 5.10 Å². The van der Waals surface area contributed by atoms with Crippen molar-refractivity contribution in [2.75, 3.05) is 6.54 Å². The Morgan fingerprint density at radius 2 is 1.90 bits per heavy atom. The molecule has 0 radical (unpaired) electrons. The molecule has 0 aliphatic carbocycles. The van der Waals surface area contributed by atoms with E-state index in [4.69, 9.17) is 10.1 Å². The maximum Gasteiger partial charge on any atom is 0.266 e. The third-order valence-electron chi connectivity index (χ3n) is 5.89. The van der Waals surface area contributed by atoms with E-state index in [1.807, 2.05) is 29.5 Å². The zero-order chi connectivity index (χ0) is 20.5. The lowest BCUT2D eigenvalue weighted by Crippen LogP contribution is -2.41. The summed E-state index contributed by atoms with van der Waals surface area (Å²) in [5.74, 6) is 0.115. The number of rotatable bonds is 4. The maximum atomic E-state index is 13.1. The van der Waals surface area contributed by atoms with E-state index in [1.54, 1.807) is 0 Å².